The van der Waals surface area contributed by atoms with Gasteiger partial charge in [-0.25, -0.2) is 0 Å². The minimum Gasteiger partial charge on any atom is -0.116 e. The van der Waals surface area contributed by atoms with Crippen molar-refractivity contribution in [2.45, 2.75) is 38.2 Å². The summed E-state index contributed by atoms with van der Waals surface area (Å²) < 4.78 is 0. The molecule has 0 aliphatic heterocycles. The van der Waals surface area contributed by atoms with Gasteiger partial charge < -0.3 is 0 Å². The third-order valence-electron chi connectivity index (χ3n) is 1.12. The molecule has 0 bridgehead atoms. The molecule has 0 nitrogen and oxygen atoms in total. The van der Waals surface area contributed by atoms with Gasteiger partial charge in [0.25, 0.3) is 0 Å². The van der Waals surface area contributed by atoms with E-state index < -0.39 is 0 Å². The standard InChI is InChI=1S/C6H14S7/c1-5(2)13(6(3)4)12-11-10-9-8-7/h5-6H,1-4H3. The number of rotatable bonds is 2. The van der Waals surface area contributed by atoms with Crippen molar-refractivity contribution in [1.29, 1.82) is 0 Å². The van der Waals surface area contributed by atoms with Gasteiger partial charge in [0.05, 0.1) is 0 Å². The zero-order valence-corrected chi connectivity index (χ0v) is 13.7. The molecule has 0 radical (unpaired) electrons. The first-order valence-corrected chi connectivity index (χ1v) is 12.7. The van der Waals surface area contributed by atoms with E-state index in [0.29, 0.717) is 9.45 Å². The van der Waals surface area contributed by atoms with Crippen LogP contribution in [0.5, 0.6) is 0 Å². The smallest absolute Gasteiger partial charge is 0.00394 e. The van der Waals surface area contributed by atoms with Gasteiger partial charge in [0, 0.05) is 10.5 Å². The summed E-state index contributed by atoms with van der Waals surface area (Å²) in [5, 5.41) is 1.55. The maximum Gasteiger partial charge on any atom is 0.00394 e. The first-order valence-electron chi connectivity index (χ1n) is 3.78. The van der Waals surface area contributed by atoms with E-state index in [1.54, 1.807) is 17.8 Å². The Hall–Kier alpha value is 1.67. The molecule has 7 heteroatoms. The molecule has 13 heavy (non-hydrogen) atoms. The van der Waals surface area contributed by atoms with Crippen LogP contribution < -0.4 is 0 Å². The summed E-state index contributed by atoms with van der Waals surface area (Å²) in [5.41, 5.74) is 0. The van der Waals surface area contributed by atoms with Gasteiger partial charge in [-0.05, 0) is 55.6 Å². The summed E-state index contributed by atoms with van der Waals surface area (Å²) in [6, 6.07) is 0. The highest BCUT2D eigenvalue weighted by Gasteiger charge is 2.04. The Labute approximate surface area is 102 Å². The fourth-order valence-corrected chi connectivity index (χ4v) is 16.7. The molecule has 80 valence electrons. The van der Waals surface area contributed by atoms with Gasteiger partial charge in [0.15, 0.2) is 0 Å². The van der Waals surface area contributed by atoms with Crippen molar-refractivity contribution in [3.05, 3.63) is 0 Å². The fourth-order valence-electron chi connectivity index (χ4n) is 0.768. The quantitative estimate of drug-likeness (QED) is 0.750. The molecule has 0 aromatic heterocycles. The summed E-state index contributed by atoms with van der Waals surface area (Å²) in [6.07, 6.45) is 0. The molecule has 0 aliphatic carbocycles. The molecule has 0 saturated heterocycles. The van der Waals surface area contributed by atoms with Crippen LogP contribution in [0, 0.1) is 0 Å². The predicted molar refractivity (Wildman–Crippen MR) is 81.8 cm³/mol. The van der Waals surface area contributed by atoms with E-state index in [1.807, 2.05) is 17.8 Å². The molecule has 0 heterocycles. The SMILES string of the molecule is CC(C)S(=S=S=S=S=S=S)C(C)C. The molecule has 0 unspecified atom stereocenters. The number of hydrogen-bond acceptors (Lipinski definition) is 1. The second kappa shape index (κ2) is 8.94. The van der Waals surface area contributed by atoms with Crippen LogP contribution in [0.1, 0.15) is 27.7 Å². The van der Waals surface area contributed by atoms with E-state index in [0.717, 1.165) is 10.5 Å². The Bertz CT molecular complexity index is 340. The summed E-state index contributed by atoms with van der Waals surface area (Å²) in [5.74, 6) is 0. The van der Waals surface area contributed by atoms with Crippen molar-refractivity contribution in [2.24, 2.45) is 0 Å². The van der Waals surface area contributed by atoms with Crippen LogP contribution in [0.2, 0.25) is 0 Å². The van der Waals surface area contributed by atoms with E-state index >= 15 is 0 Å². The lowest BCUT2D eigenvalue weighted by Crippen LogP contribution is -2.14. The largest absolute Gasteiger partial charge is 0.116 e. The molecular weight excluding hydrogens is 297 g/mol. The fraction of sp³-hybridized carbons (Fsp3) is 1.00. The topological polar surface area (TPSA) is 0 Å². The predicted octanol–water partition coefficient (Wildman–Crippen LogP) is 1.87. The Morgan fingerprint density at radius 1 is 0.923 bits per heavy atom. The van der Waals surface area contributed by atoms with Gasteiger partial charge in [-0.2, -0.15) is 0 Å². The minimum absolute atomic E-state index is 0.471. The molecule has 0 aromatic rings. The molecule has 0 saturated carbocycles. The highest BCUT2D eigenvalue weighted by Crippen LogP contribution is 2.02. The maximum atomic E-state index is 4.77. The van der Waals surface area contributed by atoms with Crippen LogP contribution in [0.3, 0.4) is 0 Å². The molecule has 0 spiro atoms. The van der Waals surface area contributed by atoms with E-state index in [-0.39, 0.29) is 0 Å². The van der Waals surface area contributed by atoms with Gasteiger partial charge in [0.1, 0.15) is 0 Å². The second-order valence-electron chi connectivity index (χ2n) is 2.77. The second-order valence-corrected chi connectivity index (χ2v) is 15.3. The lowest BCUT2D eigenvalue weighted by Gasteiger charge is -2.12. The van der Waals surface area contributed by atoms with E-state index in [1.165, 1.54) is 8.88 Å². The summed E-state index contributed by atoms with van der Waals surface area (Å²) in [6.45, 7) is 9.21. The summed E-state index contributed by atoms with van der Waals surface area (Å²) in [7, 11) is 9.19. The minimum atomic E-state index is 0.471. The van der Waals surface area contributed by atoms with Gasteiger partial charge in [-0.15, -0.1) is 9.45 Å². The third kappa shape index (κ3) is 7.58. The van der Waals surface area contributed by atoms with Crippen LogP contribution >= 0.6 is 0 Å². The summed E-state index contributed by atoms with van der Waals surface area (Å²) in [4.78, 5) is 0. The Morgan fingerprint density at radius 3 is 1.85 bits per heavy atom. The molecule has 0 atom stereocenters. The van der Waals surface area contributed by atoms with Crippen LogP contribution in [0.15, 0.2) is 0 Å². The number of hydrogen-bond donors (Lipinski definition) is 0. The summed E-state index contributed by atoms with van der Waals surface area (Å²) >= 11 is 4.77. The van der Waals surface area contributed by atoms with Crippen LogP contribution in [0.25, 0.3) is 0 Å². The molecule has 0 fully saturated rings. The molecule has 0 aliphatic rings. The molecule has 0 N–H and O–H groups in total. The zero-order valence-electron chi connectivity index (χ0n) is 8.01. The van der Waals surface area contributed by atoms with Crippen LogP contribution in [-0.2, 0) is 65.0 Å². The molecule has 0 rings (SSSR count). The first kappa shape index (κ1) is 14.7. The first-order chi connectivity index (χ1) is 6.09. The van der Waals surface area contributed by atoms with Crippen molar-refractivity contribution in [2.75, 3.05) is 0 Å². The lowest BCUT2D eigenvalue weighted by molar-refractivity contribution is 1.04. The van der Waals surface area contributed by atoms with E-state index in [2.05, 4.69) is 27.7 Å². The van der Waals surface area contributed by atoms with Crippen molar-refractivity contribution < 1.29 is 0 Å². The maximum absolute atomic E-state index is 4.77. The highest BCUT2D eigenvalue weighted by molar-refractivity contribution is 8.70. The van der Waals surface area contributed by atoms with Gasteiger partial charge in [-0.3, -0.25) is 0 Å². The monoisotopic (exact) mass is 310 g/mol. The zero-order chi connectivity index (χ0) is 10.3. The molecule has 0 aromatic carbocycles. The Kier molecular flexibility index (Phi) is 10.1. The van der Waals surface area contributed by atoms with Crippen molar-refractivity contribution in [3.63, 3.8) is 0 Å². The van der Waals surface area contributed by atoms with Crippen molar-refractivity contribution >= 4 is 65.0 Å². The van der Waals surface area contributed by atoms with Crippen LogP contribution in [-0.4, -0.2) is 10.5 Å². The van der Waals surface area contributed by atoms with Gasteiger partial charge >= 0.3 is 0 Å². The highest BCUT2D eigenvalue weighted by atomic mass is 33.4. The lowest BCUT2D eigenvalue weighted by atomic mass is 10.6. The third-order valence-corrected chi connectivity index (χ3v) is 16.2. The Morgan fingerprint density at radius 2 is 1.46 bits per heavy atom. The van der Waals surface area contributed by atoms with E-state index in [4.69, 9.17) is 11.2 Å². The van der Waals surface area contributed by atoms with Gasteiger partial charge in [0.2, 0.25) is 0 Å². The Balaban J connectivity index is 5.30. The van der Waals surface area contributed by atoms with Crippen molar-refractivity contribution in [3.8, 4) is 0 Å². The van der Waals surface area contributed by atoms with Gasteiger partial charge in [-0.1, -0.05) is 27.7 Å². The average Bonchev–Trinajstić information content (AvgIpc) is 2.02. The normalized spacial score (nSPS) is 10.4. The molecule has 0 amide bonds. The molecular formula is C6H14S7. The van der Waals surface area contributed by atoms with E-state index in [9.17, 15) is 0 Å². The van der Waals surface area contributed by atoms with Crippen molar-refractivity contribution in [1.82, 2.24) is 0 Å². The average molecular weight is 311 g/mol. The van der Waals surface area contributed by atoms with Crippen LogP contribution in [0.4, 0.5) is 0 Å².